The molecule has 0 aliphatic rings. The van der Waals surface area contributed by atoms with Crippen molar-refractivity contribution in [1.82, 2.24) is 15.2 Å². The molecule has 8 heteroatoms. The Morgan fingerprint density at radius 2 is 1.68 bits per heavy atom. The topological polar surface area (TPSA) is 79.8 Å². The molecule has 0 atom stereocenters. The van der Waals surface area contributed by atoms with Gasteiger partial charge in [-0.15, -0.1) is 10.2 Å². The minimum atomic E-state index is -0.864. The molecule has 0 fully saturated rings. The molecule has 6 nitrogen and oxygen atoms in total. The van der Waals surface area contributed by atoms with Crippen LogP contribution < -0.4 is 10.6 Å². The fourth-order valence-corrected chi connectivity index (χ4v) is 2.04. The van der Waals surface area contributed by atoms with E-state index >= 15 is 0 Å². The molecule has 0 unspecified atom stereocenters. The molecule has 0 bridgehead atoms. The van der Waals surface area contributed by atoms with Crippen LogP contribution in [0.1, 0.15) is 16.1 Å². The van der Waals surface area contributed by atoms with Gasteiger partial charge in [0.2, 0.25) is 0 Å². The minimum absolute atomic E-state index is 0.0582. The Morgan fingerprint density at radius 3 is 2.32 bits per heavy atom. The molecule has 2 aromatic heterocycles. The Hall–Kier alpha value is -3.42. The highest BCUT2D eigenvalue weighted by atomic mass is 19.1. The fourth-order valence-electron chi connectivity index (χ4n) is 2.04. The van der Waals surface area contributed by atoms with Crippen LogP contribution in [-0.2, 0) is 6.54 Å². The predicted octanol–water partition coefficient (Wildman–Crippen LogP) is 3.01. The van der Waals surface area contributed by atoms with E-state index in [-0.39, 0.29) is 5.69 Å². The van der Waals surface area contributed by atoms with Crippen LogP contribution in [0, 0.1) is 11.6 Å². The highest BCUT2D eigenvalue weighted by Crippen LogP contribution is 2.18. The van der Waals surface area contributed by atoms with Crippen molar-refractivity contribution in [3.63, 3.8) is 0 Å². The lowest BCUT2D eigenvalue weighted by molar-refractivity contribution is 0.102. The molecule has 0 spiro atoms. The van der Waals surface area contributed by atoms with Crippen LogP contribution in [0.25, 0.3) is 0 Å². The van der Waals surface area contributed by atoms with Gasteiger partial charge < -0.3 is 10.6 Å². The zero-order valence-corrected chi connectivity index (χ0v) is 12.9. The van der Waals surface area contributed by atoms with Gasteiger partial charge >= 0.3 is 0 Å². The first-order valence-corrected chi connectivity index (χ1v) is 7.35. The molecule has 3 rings (SSSR count). The monoisotopic (exact) mass is 341 g/mol. The van der Waals surface area contributed by atoms with Gasteiger partial charge in [0.25, 0.3) is 5.91 Å². The normalized spacial score (nSPS) is 10.3. The van der Waals surface area contributed by atoms with Gasteiger partial charge in [0, 0.05) is 18.9 Å². The number of aromatic nitrogens is 3. The molecule has 126 valence electrons. The lowest BCUT2D eigenvalue weighted by Crippen LogP contribution is -2.16. The number of pyridine rings is 1. The number of rotatable bonds is 5. The summed E-state index contributed by atoms with van der Waals surface area (Å²) in [5, 5.41) is 12.8. The van der Waals surface area contributed by atoms with Crippen molar-refractivity contribution in [1.29, 1.82) is 0 Å². The summed E-state index contributed by atoms with van der Waals surface area (Å²) >= 11 is 0. The maximum atomic E-state index is 13.5. The molecule has 0 aliphatic carbocycles. The minimum Gasteiger partial charge on any atom is -0.365 e. The maximum Gasteiger partial charge on any atom is 0.276 e. The molecule has 1 amide bonds. The van der Waals surface area contributed by atoms with E-state index in [1.165, 1.54) is 12.1 Å². The van der Waals surface area contributed by atoms with Gasteiger partial charge in [0.15, 0.2) is 5.69 Å². The van der Waals surface area contributed by atoms with E-state index in [2.05, 4.69) is 25.8 Å². The Kier molecular flexibility index (Phi) is 4.89. The molecule has 2 N–H and O–H groups in total. The predicted molar refractivity (Wildman–Crippen MR) is 87.9 cm³/mol. The van der Waals surface area contributed by atoms with Crippen LogP contribution in [0.2, 0.25) is 0 Å². The summed E-state index contributed by atoms with van der Waals surface area (Å²) in [4.78, 5) is 16.0. The van der Waals surface area contributed by atoms with Gasteiger partial charge in [-0.25, -0.2) is 8.78 Å². The SMILES string of the molecule is O=C(Nc1c(F)cccc1F)c1ccc(NCc2ccncc2)nn1. The van der Waals surface area contributed by atoms with Crippen LogP contribution in [-0.4, -0.2) is 21.1 Å². The van der Waals surface area contributed by atoms with E-state index in [0.717, 1.165) is 17.7 Å². The quantitative estimate of drug-likeness (QED) is 0.746. The van der Waals surface area contributed by atoms with Gasteiger partial charge in [-0.3, -0.25) is 9.78 Å². The number of nitrogens with zero attached hydrogens (tertiary/aromatic N) is 3. The first-order chi connectivity index (χ1) is 12.1. The summed E-state index contributed by atoms with van der Waals surface area (Å²) in [6.45, 7) is 0.517. The Balaban J connectivity index is 1.64. The summed E-state index contributed by atoms with van der Waals surface area (Å²) in [6, 6.07) is 9.99. The van der Waals surface area contributed by atoms with Crippen molar-refractivity contribution < 1.29 is 13.6 Å². The largest absolute Gasteiger partial charge is 0.365 e. The number of anilines is 2. The molecule has 2 heterocycles. The van der Waals surface area contributed by atoms with E-state index in [4.69, 9.17) is 0 Å². The van der Waals surface area contributed by atoms with E-state index in [1.807, 2.05) is 12.1 Å². The van der Waals surface area contributed by atoms with Crippen molar-refractivity contribution in [2.24, 2.45) is 0 Å². The van der Waals surface area contributed by atoms with Gasteiger partial charge in [-0.2, -0.15) is 0 Å². The van der Waals surface area contributed by atoms with E-state index < -0.39 is 23.2 Å². The summed E-state index contributed by atoms with van der Waals surface area (Å²) in [5.74, 6) is -2.02. The summed E-state index contributed by atoms with van der Waals surface area (Å²) in [5.41, 5.74) is 0.431. The molecular weight excluding hydrogens is 328 g/mol. The Bertz CT molecular complexity index is 852. The second-order valence-corrected chi connectivity index (χ2v) is 5.06. The van der Waals surface area contributed by atoms with E-state index in [9.17, 15) is 13.6 Å². The third-order valence-electron chi connectivity index (χ3n) is 3.32. The zero-order valence-electron chi connectivity index (χ0n) is 12.9. The molecule has 0 saturated heterocycles. The third-order valence-corrected chi connectivity index (χ3v) is 3.32. The average molecular weight is 341 g/mol. The number of hydrogen-bond donors (Lipinski definition) is 2. The van der Waals surface area contributed by atoms with Crippen molar-refractivity contribution in [3.05, 3.63) is 77.8 Å². The van der Waals surface area contributed by atoms with Crippen LogP contribution in [0.4, 0.5) is 20.3 Å². The van der Waals surface area contributed by atoms with Gasteiger partial charge in [-0.05, 0) is 42.0 Å². The Morgan fingerprint density at radius 1 is 0.960 bits per heavy atom. The number of benzene rings is 1. The standard InChI is InChI=1S/C17H13F2N5O/c18-12-2-1-3-13(19)16(12)22-17(25)14-4-5-15(24-23-14)21-10-11-6-8-20-9-7-11/h1-9H,10H2,(H,21,24)(H,22,25). The fraction of sp³-hybridized carbons (Fsp3) is 0.0588. The van der Waals surface area contributed by atoms with E-state index in [1.54, 1.807) is 18.5 Å². The molecule has 3 aromatic rings. The lowest BCUT2D eigenvalue weighted by Gasteiger charge is -2.08. The van der Waals surface area contributed by atoms with Crippen LogP contribution >= 0.6 is 0 Å². The number of amides is 1. The summed E-state index contributed by atoms with van der Waals surface area (Å²) in [6.07, 6.45) is 3.36. The first-order valence-electron chi connectivity index (χ1n) is 7.35. The molecular formula is C17H13F2N5O. The smallest absolute Gasteiger partial charge is 0.276 e. The van der Waals surface area contributed by atoms with Crippen molar-refractivity contribution in [3.8, 4) is 0 Å². The number of carbonyl (C=O) groups is 1. The molecule has 0 radical (unpaired) electrons. The maximum absolute atomic E-state index is 13.5. The number of carbonyl (C=O) groups excluding carboxylic acids is 1. The third kappa shape index (κ3) is 4.11. The van der Waals surface area contributed by atoms with Crippen LogP contribution in [0.5, 0.6) is 0 Å². The number of nitrogens with one attached hydrogen (secondary N) is 2. The van der Waals surface area contributed by atoms with Crippen molar-refractivity contribution >= 4 is 17.4 Å². The number of para-hydroxylation sites is 1. The number of halogens is 2. The van der Waals surface area contributed by atoms with Gasteiger partial charge in [0.1, 0.15) is 23.1 Å². The second-order valence-electron chi connectivity index (χ2n) is 5.06. The summed E-state index contributed by atoms with van der Waals surface area (Å²) in [7, 11) is 0. The molecule has 0 saturated carbocycles. The number of hydrogen-bond acceptors (Lipinski definition) is 5. The average Bonchev–Trinajstić information content (AvgIpc) is 2.64. The molecule has 1 aromatic carbocycles. The van der Waals surface area contributed by atoms with Gasteiger partial charge in [-0.1, -0.05) is 6.07 Å². The Labute approximate surface area is 141 Å². The van der Waals surface area contributed by atoms with E-state index in [0.29, 0.717) is 12.4 Å². The van der Waals surface area contributed by atoms with Crippen molar-refractivity contribution in [2.75, 3.05) is 10.6 Å². The molecule has 25 heavy (non-hydrogen) atoms. The van der Waals surface area contributed by atoms with Crippen molar-refractivity contribution in [2.45, 2.75) is 6.54 Å². The lowest BCUT2D eigenvalue weighted by atomic mass is 10.2. The van der Waals surface area contributed by atoms with Gasteiger partial charge in [0.05, 0.1) is 0 Å². The first kappa shape index (κ1) is 16.4. The summed E-state index contributed by atoms with van der Waals surface area (Å²) < 4.78 is 27.1. The second kappa shape index (κ2) is 7.43. The highest BCUT2D eigenvalue weighted by Gasteiger charge is 2.14. The van der Waals surface area contributed by atoms with Crippen LogP contribution in [0.3, 0.4) is 0 Å². The highest BCUT2D eigenvalue weighted by molar-refractivity contribution is 6.02. The van der Waals surface area contributed by atoms with Crippen LogP contribution in [0.15, 0.2) is 54.9 Å². The zero-order chi connectivity index (χ0) is 17.6. The molecule has 0 aliphatic heterocycles.